The molecule has 2 heterocycles. The molecule has 1 atom stereocenters. The first-order valence-electron chi connectivity index (χ1n) is 26.9. The molecule has 3 N–H and O–H groups in total. The maximum Gasteiger partial charge on any atom is 0.162 e. The van der Waals surface area contributed by atoms with E-state index in [1.807, 2.05) is 194 Å². The molecule has 8 aromatic carbocycles. The van der Waals surface area contributed by atoms with Gasteiger partial charge in [-0.1, -0.05) is 231 Å². The van der Waals surface area contributed by atoms with Crippen molar-refractivity contribution in [3.8, 4) is 22.3 Å². The zero-order valence-electron chi connectivity index (χ0n) is 42.7. The van der Waals surface area contributed by atoms with Gasteiger partial charge in [0.2, 0.25) is 0 Å². The van der Waals surface area contributed by atoms with E-state index in [2.05, 4.69) is 46.2 Å². The Hall–Kier alpha value is -6.77. The van der Waals surface area contributed by atoms with Gasteiger partial charge in [0.25, 0.3) is 0 Å². The van der Waals surface area contributed by atoms with E-state index in [4.69, 9.17) is 0 Å². The van der Waals surface area contributed by atoms with Crippen molar-refractivity contribution >= 4 is 5.78 Å². The van der Waals surface area contributed by atoms with Gasteiger partial charge in [0.1, 0.15) is 11.2 Å². The maximum absolute atomic E-state index is 12.8. The first kappa shape index (κ1) is 52.1. The van der Waals surface area contributed by atoms with Gasteiger partial charge < -0.3 is 25.1 Å². The van der Waals surface area contributed by atoms with E-state index in [0.29, 0.717) is 6.42 Å². The largest absolute Gasteiger partial charge is 0.388 e. The minimum atomic E-state index is -0.990. The van der Waals surface area contributed by atoms with Crippen molar-refractivity contribution in [1.29, 1.82) is 0 Å². The molecule has 6 nitrogen and oxygen atoms in total. The van der Waals surface area contributed by atoms with Gasteiger partial charge in [-0.05, 0) is 146 Å². The second-order valence-corrected chi connectivity index (χ2v) is 20.3. The summed E-state index contributed by atoms with van der Waals surface area (Å²) >= 11 is 0. The van der Waals surface area contributed by atoms with Crippen molar-refractivity contribution in [1.82, 2.24) is 9.80 Å². The normalized spacial score (nSPS) is 15.4. The number of carbonyl (C=O) groups is 1. The summed E-state index contributed by atoms with van der Waals surface area (Å²) in [6.07, 6.45) is 6.42. The van der Waals surface area contributed by atoms with E-state index in [1.165, 1.54) is 11.1 Å². The fraction of sp³-hybridized carbons (Fsp3) is 0.279. The molecule has 0 radical (unpaired) electrons. The standard InChI is InChI=1S/C34H37NO2.C34H35NO2/c2*36-33(29-20-18-28(19-21-29)27-11-4-1-5-12-27)17-10-24-35-25-22-32(23-26-35)34(37,30-13-6-2-7-14-30)31-15-8-3-9-16-31/h1-9,11-16,18-21,32-33,36-37H,10,17,22-26H2;1-9,11-16,18-21,32,37H,10,17,22-26H2. The van der Waals surface area contributed by atoms with Crippen LogP contribution in [0.2, 0.25) is 0 Å². The smallest absolute Gasteiger partial charge is 0.162 e. The topological polar surface area (TPSA) is 84.2 Å². The quantitative estimate of drug-likeness (QED) is 0.0743. The molecule has 74 heavy (non-hydrogen) atoms. The third kappa shape index (κ3) is 12.8. The van der Waals surface area contributed by atoms with Crippen LogP contribution in [0.25, 0.3) is 22.3 Å². The molecule has 0 bridgehead atoms. The Kier molecular flexibility index (Phi) is 17.9. The first-order valence-corrected chi connectivity index (χ1v) is 26.9. The number of hydrogen-bond donors (Lipinski definition) is 3. The fourth-order valence-electron chi connectivity index (χ4n) is 11.5. The molecular formula is C68H72N2O4. The lowest BCUT2D eigenvalue weighted by Gasteiger charge is -2.42. The van der Waals surface area contributed by atoms with Crippen LogP contribution >= 0.6 is 0 Å². The molecule has 0 aliphatic carbocycles. The zero-order chi connectivity index (χ0) is 51.0. The predicted molar refractivity (Wildman–Crippen MR) is 302 cm³/mol. The van der Waals surface area contributed by atoms with Crippen LogP contribution in [-0.4, -0.2) is 70.2 Å². The minimum Gasteiger partial charge on any atom is -0.388 e. The number of likely N-dealkylation sites (tertiary alicyclic amines) is 2. The Bertz CT molecular complexity index is 2810. The zero-order valence-corrected chi connectivity index (χ0v) is 42.7. The summed E-state index contributed by atoms with van der Waals surface area (Å²) in [5.74, 6) is 0.526. The molecular weight excluding hydrogens is 909 g/mol. The highest BCUT2D eigenvalue weighted by Gasteiger charge is 2.42. The number of aliphatic hydroxyl groups excluding tert-OH is 1. The van der Waals surface area contributed by atoms with Crippen LogP contribution in [-0.2, 0) is 11.2 Å². The summed E-state index contributed by atoms with van der Waals surface area (Å²) in [7, 11) is 0. The summed E-state index contributed by atoms with van der Waals surface area (Å²) in [5.41, 5.74) is 8.33. The van der Waals surface area contributed by atoms with Crippen LogP contribution in [0.1, 0.15) is 95.6 Å². The molecule has 10 rings (SSSR count). The Morgan fingerprint density at radius 3 is 1.09 bits per heavy atom. The number of benzene rings is 8. The molecule has 0 amide bonds. The van der Waals surface area contributed by atoms with Gasteiger partial charge in [0.05, 0.1) is 6.10 Å². The fourth-order valence-corrected chi connectivity index (χ4v) is 11.5. The second-order valence-electron chi connectivity index (χ2n) is 20.3. The van der Waals surface area contributed by atoms with E-state index in [0.717, 1.165) is 129 Å². The molecule has 1 unspecified atom stereocenters. The van der Waals surface area contributed by atoms with Gasteiger partial charge in [-0.25, -0.2) is 0 Å². The lowest BCUT2D eigenvalue weighted by atomic mass is 9.72. The Balaban J connectivity index is 0.000000182. The van der Waals surface area contributed by atoms with Crippen molar-refractivity contribution in [2.24, 2.45) is 11.8 Å². The average Bonchev–Trinajstić information content (AvgIpc) is 3.49. The van der Waals surface area contributed by atoms with E-state index < -0.39 is 17.3 Å². The van der Waals surface area contributed by atoms with Gasteiger partial charge in [0.15, 0.2) is 5.78 Å². The second kappa shape index (κ2) is 25.4. The van der Waals surface area contributed by atoms with Crippen LogP contribution in [0.5, 0.6) is 0 Å². The van der Waals surface area contributed by atoms with Crippen molar-refractivity contribution < 1.29 is 20.1 Å². The Labute approximate surface area is 439 Å². The molecule has 378 valence electrons. The predicted octanol–water partition coefficient (Wildman–Crippen LogP) is 13.8. The lowest BCUT2D eigenvalue weighted by Crippen LogP contribution is -2.44. The van der Waals surface area contributed by atoms with Gasteiger partial charge in [-0.15, -0.1) is 0 Å². The molecule has 0 saturated carbocycles. The average molecular weight is 981 g/mol. The molecule has 8 aromatic rings. The van der Waals surface area contributed by atoms with Gasteiger partial charge >= 0.3 is 0 Å². The number of ketones is 1. The highest BCUT2D eigenvalue weighted by molar-refractivity contribution is 5.96. The third-order valence-electron chi connectivity index (χ3n) is 15.8. The molecule has 0 aromatic heterocycles. The van der Waals surface area contributed by atoms with Crippen LogP contribution in [0.3, 0.4) is 0 Å². The van der Waals surface area contributed by atoms with E-state index in [9.17, 15) is 20.1 Å². The highest BCUT2D eigenvalue weighted by Crippen LogP contribution is 2.43. The lowest BCUT2D eigenvalue weighted by molar-refractivity contribution is -0.0147. The number of hydrogen-bond acceptors (Lipinski definition) is 6. The first-order chi connectivity index (χ1) is 36.3. The van der Waals surface area contributed by atoms with Crippen molar-refractivity contribution in [3.63, 3.8) is 0 Å². The number of Topliss-reactive ketones (excluding diaryl/α,β-unsaturated/α-hetero) is 1. The number of rotatable bonds is 18. The molecule has 2 aliphatic rings. The molecule has 0 spiro atoms. The molecule has 2 aliphatic heterocycles. The van der Waals surface area contributed by atoms with E-state index in [1.54, 1.807) is 0 Å². The maximum atomic E-state index is 12.8. The SMILES string of the molecule is O=C(CCCN1CCC(C(O)(c2ccccc2)c2ccccc2)CC1)c1ccc(-c2ccccc2)cc1.OC(CCCN1CCC(C(O)(c2ccccc2)c2ccccc2)CC1)c1ccc(-c2ccccc2)cc1. The summed E-state index contributed by atoms with van der Waals surface area (Å²) in [6.45, 7) is 5.69. The van der Waals surface area contributed by atoms with Crippen molar-refractivity contribution in [2.75, 3.05) is 39.3 Å². The van der Waals surface area contributed by atoms with Gasteiger partial charge in [-0.2, -0.15) is 0 Å². The van der Waals surface area contributed by atoms with Crippen LogP contribution in [0, 0.1) is 11.8 Å². The van der Waals surface area contributed by atoms with Gasteiger partial charge in [0, 0.05) is 12.0 Å². The number of piperidine rings is 2. The number of carbonyl (C=O) groups excluding carboxylic acids is 1. The number of nitrogens with zero attached hydrogens (tertiary/aromatic N) is 2. The minimum absolute atomic E-state index is 0.151. The summed E-state index contributed by atoms with van der Waals surface area (Å²) in [4.78, 5) is 17.7. The van der Waals surface area contributed by atoms with Crippen LogP contribution in [0.4, 0.5) is 0 Å². The third-order valence-corrected chi connectivity index (χ3v) is 15.8. The number of aliphatic hydroxyl groups is 3. The van der Waals surface area contributed by atoms with E-state index >= 15 is 0 Å². The van der Waals surface area contributed by atoms with Gasteiger partial charge in [-0.3, -0.25) is 4.79 Å². The monoisotopic (exact) mass is 981 g/mol. The molecule has 2 saturated heterocycles. The van der Waals surface area contributed by atoms with E-state index in [-0.39, 0.29) is 17.6 Å². The molecule has 6 heteroatoms. The van der Waals surface area contributed by atoms with Crippen molar-refractivity contribution in [3.05, 3.63) is 264 Å². The summed E-state index contributed by atoms with van der Waals surface area (Å²) in [6, 6.07) is 77.2. The molecule has 2 fully saturated rings. The van der Waals surface area contributed by atoms with Crippen LogP contribution in [0.15, 0.2) is 231 Å². The Morgan fingerprint density at radius 1 is 0.419 bits per heavy atom. The van der Waals surface area contributed by atoms with Crippen molar-refractivity contribution in [2.45, 2.75) is 68.7 Å². The summed E-state index contributed by atoms with van der Waals surface area (Å²) in [5, 5.41) is 34.9. The Morgan fingerprint density at radius 2 is 0.730 bits per heavy atom. The van der Waals surface area contributed by atoms with Crippen LogP contribution < -0.4 is 0 Å². The summed E-state index contributed by atoms with van der Waals surface area (Å²) < 4.78 is 0. The highest BCUT2D eigenvalue weighted by atomic mass is 16.3.